The molecule has 2 rings (SSSR count). The molecule has 1 N–H and O–H groups in total. The summed E-state index contributed by atoms with van der Waals surface area (Å²) in [5, 5.41) is 3.31. The van der Waals surface area contributed by atoms with Crippen LogP contribution in [0.5, 0.6) is 5.75 Å². The average molecular weight is 304 g/mol. The lowest BCUT2D eigenvalue weighted by atomic mass is 9.87. The quantitative estimate of drug-likeness (QED) is 0.933. The zero-order chi connectivity index (χ0) is 16.2. The number of carbonyl (C=O) groups is 1. The number of hydrogen-bond acceptors (Lipinski definition) is 3. The fourth-order valence-corrected chi connectivity index (χ4v) is 2.61. The Balaban J connectivity index is 1.95. The first-order valence-electron chi connectivity index (χ1n) is 8.14. The van der Waals surface area contributed by atoms with E-state index in [-0.39, 0.29) is 11.3 Å². The van der Waals surface area contributed by atoms with E-state index >= 15 is 0 Å². The fourth-order valence-electron chi connectivity index (χ4n) is 2.61. The van der Waals surface area contributed by atoms with E-state index in [4.69, 9.17) is 4.74 Å². The Morgan fingerprint density at radius 1 is 1.18 bits per heavy atom. The second-order valence-corrected chi connectivity index (χ2v) is 6.96. The van der Waals surface area contributed by atoms with E-state index in [1.807, 2.05) is 24.0 Å². The van der Waals surface area contributed by atoms with Gasteiger partial charge in [-0.05, 0) is 43.0 Å². The minimum Gasteiger partial charge on any atom is -0.481 e. The van der Waals surface area contributed by atoms with Crippen LogP contribution in [0.1, 0.15) is 39.7 Å². The predicted octanol–water partition coefficient (Wildman–Crippen LogP) is 2.57. The Morgan fingerprint density at radius 3 is 2.50 bits per heavy atom. The van der Waals surface area contributed by atoms with Gasteiger partial charge in [0, 0.05) is 19.6 Å². The summed E-state index contributed by atoms with van der Waals surface area (Å²) in [7, 11) is 0. The second-order valence-electron chi connectivity index (χ2n) is 6.96. The number of carbonyl (C=O) groups excluding carboxylic acids is 1. The van der Waals surface area contributed by atoms with Gasteiger partial charge in [-0.25, -0.2) is 0 Å². The molecule has 0 aromatic heterocycles. The lowest BCUT2D eigenvalue weighted by Crippen LogP contribution is -2.42. The van der Waals surface area contributed by atoms with Gasteiger partial charge in [0.25, 0.3) is 5.91 Å². The van der Waals surface area contributed by atoms with Gasteiger partial charge in [-0.1, -0.05) is 32.9 Å². The van der Waals surface area contributed by atoms with E-state index in [2.05, 4.69) is 38.2 Å². The SMILES string of the molecule is CC(Oc1ccc(C(C)(C)C)cc1)C(=O)N1CCCNCC1. The highest BCUT2D eigenvalue weighted by atomic mass is 16.5. The van der Waals surface area contributed by atoms with Crippen LogP contribution in [-0.2, 0) is 10.2 Å². The van der Waals surface area contributed by atoms with Crippen LogP contribution < -0.4 is 10.1 Å². The zero-order valence-electron chi connectivity index (χ0n) is 14.2. The monoisotopic (exact) mass is 304 g/mol. The molecule has 0 saturated carbocycles. The molecule has 1 amide bonds. The number of nitrogens with one attached hydrogen (secondary N) is 1. The molecule has 122 valence electrons. The molecular weight excluding hydrogens is 276 g/mol. The normalized spacial score (nSPS) is 17.7. The molecule has 1 saturated heterocycles. The van der Waals surface area contributed by atoms with E-state index in [1.54, 1.807) is 0 Å². The molecule has 0 radical (unpaired) electrons. The minimum absolute atomic E-state index is 0.0728. The molecule has 1 aliphatic rings. The summed E-state index contributed by atoms with van der Waals surface area (Å²) in [6, 6.07) is 8.05. The Morgan fingerprint density at radius 2 is 1.86 bits per heavy atom. The van der Waals surface area contributed by atoms with Crippen molar-refractivity contribution < 1.29 is 9.53 Å². The smallest absolute Gasteiger partial charge is 0.263 e. The largest absolute Gasteiger partial charge is 0.481 e. The molecule has 1 aromatic carbocycles. The third-order valence-electron chi connectivity index (χ3n) is 4.03. The highest BCUT2D eigenvalue weighted by Crippen LogP contribution is 2.24. The molecule has 1 aromatic rings. The number of rotatable bonds is 3. The van der Waals surface area contributed by atoms with Gasteiger partial charge >= 0.3 is 0 Å². The molecule has 0 spiro atoms. The number of amides is 1. The van der Waals surface area contributed by atoms with Gasteiger partial charge in [-0.3, -0.25) is 4.79 Å². The van der Waals surface area contributed by atoms with Crippen LogP contribution in [0.25, 0.3) is 0 Å². The van der Waals surface area contributed by atoms with Crippen LogP contribution in [0, 0.1) is 0 Å². The first kappa shape index (κ1) is 16.8. The Bertz CT molecular complexity index is 483. The Hall–Kier alpha value is -1.55. The highest BCUT2D eigenvalue weighted by molar-refractivity contribution is 5.81. The van der Waals surface area contributed by atoms with E-state index in [1.165, 1.54) is 5.56 Å². The van der Waals surface area contributed by atoms with Gasteiger partial charge < -0.3 is 15.0 Å². The molecule has 1 heterocycles. The van der Waals surface area contributed by atoms with Crippen molar-refractivity contribution in [3.8, 4) is 5.75 Å². The molecular formula is C18H28N2O2. The van der Waals surface area contributed by atoms with E-state index in [9.17, 15) is 4.79 Å². The first-order chi connectivity index (χ1) is 10.4. The van der Waals surface area contributed by atoms with Gasteiger partial charge in [0.15, 0.2) is 6.10 Å². The van der Waals surface area contributed by atoms with E-state index in [0.717, 1.165) is 38.3 Å². The Labute approximate surface area is 133 Å². The molecule has 22 heavy (non-hydrogen) atoms. The summed E-state index contributed by atoms with van der Waals surface area (Å²) in [6.45, 7) is 11.8. The molecule has 1 atom stereocenters. The van der Waals surface area contributed by atoms with Crippen molar-refractivity contribution in [2.45, 2.75) is 45.6 Å². The van der Waals surface area contributed by atoms with Crippen LogP contribution in [0.2, 0.25) is 0 Å². The maximum absolute atomic E-state index is 12.5. The summed E-state index contributed by atoms with van der Waals surface area (Å²) >= 11 is 0. The lowest BCUT2D eigenvalue weighted by molar-refractivity contribution is -0.137. The third-order valence-corrected chi connectivity index (χ3v) is 4.03. The summed E-state index contributed by atoms with van der Waals surface area (Å²) in [5.74, 6) is 0.824. The van der Waals surface area contributed by atoms with Crippen molar-refractivity contribution in [2.75, 3.05) is 26.2 Å². The van der Waals surface area contributed by atoms with Crippen LogP contribution in [-0.4, -0.2) is 43.1 Å². The number of benzene rings is 1. The summed E-state index contributed by atoms with van der Waals surface area (Å²) in [5.41, 5.74) is 1.39. The van der Waals surface area contributed by atoms with Crippen molar-refractivity contribution in [3.05, 3.63) is 29.8 Å². The second kappa shape index (κ2) is 7.14. The maximum atomic E-state index is 12.5. The molecule has 4 nitrogen and oxygen atoms in total. The van der Waals surface area contributed by atoms with Crippen molar-refractivity contribution in [1.82, 2.24) is 10.2 Å². The van der Waals surface area contributed by atoms with E-state index in [0.29, 0.717) is 0 Å². The third kappa shape index (κ3) is 4.47. The van der Waals surface area contributed by atoms with E-state index < -0.39 is 6.10 Å². The highest BCUT2D eigenvalue weighted by Gasteiger charge is 2.23. The number of nitrogens with zero attached hydrogens (tertiary/aromatic N) is 1. The molecule has 1 aliphatic heterocycles. The molecule has 0 aliphatic carbocycles. The van der Waals surface area contributed by atoms with Crippen molar-refractivity contribution in [3.63, 3.8) is 0 Å². The summed E-state index contributed by atoms with van der Waals surface area (Å²) < 4.78 is 5.83. The maximum Gasteiger partial charge on any atom is 0.263 e. The molecule has 1 unspecified atom stereocenters. The van der Waals surface area contributed by atoms with Gasteiger partial charge in [-0.15, -0.1) is 0 Å². The average Bonchev–Trinajstić information content (AvgIpc) is 2.75. The molecule has 0 bridgehead atoms. The van der Waals surface area contributed by atoms with Crippen LogP contribution >= 0.6 is 0 Å². The van der Waals surface area contributed by atoms with Gasteiger partial charge in [0.1, 0.15) is 5.75 Å². The van der Waals surface area contributed by atoms with Crippen LogP contribution in [0.4, 0.5) is 0 Å². The van der Waals surface area contributed by atoms with Gasteiger partial charge in [-0.2, -0.15) is 0 Å². The topological polar surface area (TPSA) is 41.6 Å². The van der Waals surface area contributed by atoms with Crippen LogP contribution in [0.3, 0.4) is 0 Å². The predicted molar refractivity (Wildman–Crippen MR) is 89.3 cm³/mol. The molecule has 1 fully saturated rings. The molecule has 4 heteroatoms. The van der Waals surface area contributed by atoms with Crippen molar-refractivity contribution in [2.24, 2.45) is 0 Å². The standard InChI is InChI=1S/C18H28N2O2/c1-14(17(21)20-12-5-10-19-11-13-20)22-16-8-6-15(7-9-16)18(2,3)4/h6-9,14,19H,5,10-13H2,1-4H3. The van der Waals surface area contributed by atoms with Crippen molar-refractivity contribution >= 4 is 5.91 Å². The van der Waals surface area contributed by atoms with Crippen molar-refractivity contribution in [1.29, 1.82) is 0 Å². The van der Waals surface area contributed by atoms with Gasteiger partial charge in [0.2, 0.25) is 0 Å². The number of hydrogen-bond donors (Lipinski definition) is 1. The number of ether oxygens (including phenoxy) is 1. The van der Waals surface area contributed by atoms with Gasteiger partial charge in [0.05, 0.1) is 0 Å². The fraction of sp³-hybridized carbons (Fsp3) is 0.611. The Kier molecular flexibility index (Phi) is 5.46. The zero-order valence-corrected chi connectivity index (χ0v) is 14.2. The van der Waals surface area contributed by atoms with Crippen LogP contribution in [0.15, 0.2) is 24.3 Å². The minimum atomic E-state index is -0.446. The lowest BCUT2D eigenvalue weighted by Gasteiger charge is -2.24. The summed E-state index contributed by atoms with van der Waals surface area (Å²) in [4.78, 5) is 14.4. The first-order valence-corrected chi connectivity index (χ1v) is 8.14. The summed E-state index contributed by atoms with van der Waals surface area (Å²) in [6.07, 6.45) is 0.553.